The molecule has 7 nitrogen and oxygen atoms in total. The molecule has 22 heavy (non-hydrogen) atoms. The predicted octanol–water partition coefficient (Wildman–Crippen LogP) is 0.450. The van der Waals surface area contributed by atoms with E-state index >= 15 is 0 Å². The maximum Gasteiger partial charge on any atom is 0.325 e. The average molecular weight is 305 g/mol. The SMILES string of the molecule is CC(NC(=O)N1CC2CC(C1)c1cccc(=O)n1C2)C(=O)O. The summed E-state index contributed by atoms with van der Waals surface area (Å²) in [7, 11) is 0. The first-order chi connectivity index (χ1) is 10.5. The summed E-state index contributed by atoms with van der Waals surface area (Å²) in [5, 5.41) is 11.4. The van der Waals surface area contributed by atoms with Crippen LogP contribution in [-0.2, 0) is 11.3 Å². The van der Waals surface area contributed by atoms with Gasteiger partial charge in [0.2, 0.25) is 0 Å². The molecule has 2 N–H and O–H groups in total. The van der Waals surface area contributed by atoms with Crippen LogP contribution in [0.4, 0.5) is 4.79 Å². The van der Waals surface area contributed by atoms with Crippen LogP contribution in [0.2, 0.25) is 0 Å². The zero-order valence-electron chi connectivity index (χ0n) is 12.4. The molecule has 2 amide bonds. The lowest BCUT2D eigenvalue weighted by Crippen LogP contribution is -2.54. The Morgan fingerprint density at radius 1 is 1.32 bits per heavy atom. The van der Waals surface area contributed by atoms with E-state index in [2.05, 4.69) is 5.32 Å². The molecule has 1 saturated heterocycles. The van der Waals surface area contributed by atoms with Gasteiger partial charge in [0.1, 0.15) is 6.04 Å². The molecular formula is C15H19N3O4. The molecule has 3 heterocycles. The van der Waals surface area contributed by atoms with Gasteiger partial charge in [0.15, 0.2) is 0 Å². The van der Waals surface area contributed by atoms with Gasteiger partial charge in [-0.25, -0.2) is 4.79 Å². The summed E-state index contributed by atoms with van der Waals surface area (Å²) in [4.78, 5) is 36.7. The highest BCUT2D eigenvalue weighted by molar-refractivity contribution is 5.82. The van der Waals surface area contributed by atoms with Crippen molar-refractivity contribution in [2.24, 2.45) is 5.92 Å². The number of aliphatic carboxylic acids is 1. The van der Waals surface area contributed by atoms with Gasteiger partial charge in [-0.15, -0.1) is 0 Å². The standard InChI is InChI=1S/C15H19N3O4/c1-9(14(20)21)16-15(22)17-6-10-5-11(8-17)12-3-2-4-13(19)18(12)7-10/h2-4,9-11H,5-8H2,1H3,(H,16,22)(H,20,21). The molecule has 1 fully saturated rings. The third-order valence-electron chi connectivity index (χ3n) is 4.48. The van der Waals surface area contributed by atoms with Crippen molar-refractivity contribution in [2.75, 3.05) is 13.1 Å². The van der Waals surface area contributed by atoms with E-state index in [0.717, 1.165) is 12.1 Å². The van der Waals surface area contributed by atoms with E-state index in [4.69, 9.17) is 5.11 Å². The van der Waals surface area contributed by atoms with E-state index in [1.54, 1.807) is 21.6 Å². The number of fused-ring (bicyclic) bond motifs is 4. The summed E-state index contributed by atoms with van der Waals surface area (Å²) in [6, 6.07) is 3.98. The zero-order valence-corrected chi connectivity index (χ0v) is 12.4. The number of carboxylic acids is 1. The van der Waals surface area contributed by atoms with E-state index in [0.29, 0.717) is 19.6 Å². The van der Waals surface area contributed by atoms with Crippen LogP contribution < -0.4 is 10.9 Å². The molecule has 0 aromatic carbocycles. The number of nitrogens with zero attached hydrogens (tertiary/aromatic N) is 2. The van der Waals surface area contributed by atoms with Crippen LogP contribution in [-0.4, -0.2) is 45.7 Å². The van der Waals surface area contributed by atoms with Gasteiger partial charge in [-0.05, 0) is 25.3 Å². The number of carbonyl (C=O) groups excluding carboxylic acids is 1. The maximum absolute atomic E-state index is 12.2. The smallest absolute Gasteiger partial charge is 0.325 e. The van der Waals surface area contributed by atoms with Gasteiger partial charge in [0.25, 0.3) is 5.56 Å². The Labute approximate surface area is 127 Å². The molecule has 2 aliphatic rings. The molecule has 0 saturated carbocycles. The Balaban J connectivity index is 1.77. The Hall–Kier alpha value is -2.31. The molecule has 3 unspecified atom stereocenters. The highest BCUT2D eigenvalue weighted by Gasteiger charge is 2.36. The van der Waals surface area contributed by atoms with E-state index in [1.807, 2.05) is 6.07 Å². The Morgan fingerprint density at radius 2 is 2.09 bits per heavy atom. The first kappa shape index (κ1) is 14.6. The topological polar surface area (TPSA) is 91.6 Å². The van der Waals surface area contributed by atoms with Crippen LogP contribution in [0.15, 0.2) is 23.0 Å². The molecular weight excluding hydrogens is 286 g/mol. The molecule has 1 aromatic rings. The molecule has 2 aliphatic heterocycles. The van der Waals surface area contributed by atoms with Crippen molar-refractivity contribution in [3.63, 3.8) is 0 Å². The van der Waals surface area contributed by atoms with E-state index in [1.165, 1.54) is 6.92 Å². The minimum absolute atomic E-state index is 0.00426. The van der Waals surface area contributed by atoms with E-state index < -0.39 is 12.0 Å². The number of aromatic nitrogens is 1. The van der Waals surface area contributed by atoms with Crippen molar-refractivity contribution in [1.82, 2.24) is 14.8 Å². The molecule has 7 heteroatoms. The van der Waals surface area contributed by atoms with Crippen LogP contribution in [0.5, 0.6) is 0 Å². The predicted molar refractivity (Wildman–Crippen MR) is 78.8 cm³/mol. The summed E-state index contributed by atoms with van der Waals surface area (Å²) >= 11 is 0. The lowest BCUT2D eigenvalue weighted by Gasteiger charge is -2.42. The quantitative estimate of drug-likeness (QED) is 0.830. The second-order valence-corrected chi connectivity index (χ2v) is 6.11. The Kier molecular flexibility index (Phi) is 3.64. The summed E-state index contributed by atoms with van der Waals surface area (Å²) in [5.74, 6) is -0.688. The first-order valence-corrected chi connectivity index (χ1v) is 7.43. The molecule has 3 rings (SSSR count). The summed E-state index contributed by atoms with van der Waals surface area (Å²) < 4.78 is 1.80. The zero-order chi connectivity index (χ0) is 15.9. The third-order valence-corrected chi connectivity index (χ3v) is 4.48. The lowest BCUT2D eigenvalue weighted by atomic mass is 9.83. The van der Waals surface area contributed by atoms with Crippen molar-refractivity contribution < 1.29 is 14.7 Å². The fraction of sp³-hybridized carbons (Fsp3) is 0.533. The second kappa shape index (κ2) is 5.47. The van der Waals surface area contributed by atoms with Crippen LogP contribution in [0, 0.1) is 5.92 Å². The molecule has 0 aliphatic carbocycles. The van der Waals surface area contributed by atoms with Crippen molar-refractivity contribution in [3.05, 3.63) is 34.2 Å². The van der Waals surface area contributed by atoms with Crippen molar-refractivity contribution >= 4 is 12.0 Å². The summed E-state index contributed by atoms with van der Waals surface area (Å²) in [5.41, 5.74) is 0.970. The highest BCUT2D eigenvalue weighted by Crippen LogP contribution is 2.34. The minimum Gasteiger partial charge on any atom is -0.480 e. The van der Waals surface area contributed by atoms with Gasteiger partial charge >= 0.3 is 12.0 Å². The second-order valence-electron chi connectivity index (χ2n) is 6.11. The monoisotopic (exact) mass is 305 g/mol. The fourth-order valence-electron chi connectivity index (χ4n) is 3.40. The lowest BCUT2D eigenvalue weighted by molar-refractivity contribution is -0.138. The van der Waals surface area contributed by atoms with Gasteiger partial charge < -0.3 is 19.9 Å². The Morgan fingerprint density at radius 3 is 2.82 bits per heavy atom. The number of carbonyl (C=O) groups is 2. The number of carboxylic acid groups (broad SMARTS) is 1. The number of pyridine rings is 1. The van der Waals surface area contributed by atoms with Crippen LogP contribution in [0.25, 0.3) is 0 Å². The summed E-state index contributed by atoms with van der Waals surface area (Å²) in [6.07, 6.45) is 0.960. The minimum atomic E-state index is -1.05. The molecule has 2 bridgehead atoms. The molecule has 0 radical (unpaired) electrons. The van der Waals surface area contributed by atoms with Crippen LogP contribution in [0.1, 0.15) is 25.0 Å². The van der Waals surface area contributed by atoms with Gasteiger partial charge in [-0.1, -0.05) is 6.07 Å². The van der Waals surface area contributed by atoms with Gasteiger partial charge in [0, 0.05) is 37.3 Å². The van der Waals surface area contributed by atoms with E-state index in [9.17, 15) is 14.4 Å². The number of urea groups is 1. The van der Waals surface area contributed by atoms with Crippen LogP contribution >= 0.6 is 0 Å². The number of piperidine rings is 1. The number of amides is 2. The Bertz CT molecular complexity index is 669. The summed E-state index contributed by atoms with van der Waals surface area (Å²) in [6.45, 7) is 3.12. The van der Waals surface area contributed by atoms with Crippen LogP contribution in [0.3, 0.4) is 0 Å². The normalized spacial score (nSPS) is 24.3. The number of hydrogen-bond donors (Lipinski definition) is 2. The number of rotatable bonds is 2. The molecule has 118 valence electrons. The third kappa shape index (κ3) is 2.58. The van der Waals surface area contributed by atoms with Crippen molar-refractivity contribution in [1.29, 1.82) is 0 Å². The number of hydrogen-bond acceptors (Lipinski definition) is 3. The van der Waals surface area contributed by atoms with Gasteiger partial charge in [-0.2, -0.15) is 0 Å². The van der Waals surface area contributed by atoms with E-state index in [-0.39, 0.29) is 23.4 Å². The molecule has 0 spiro atoms. The highest BCUT2D eigenvalue weighted by atomic mass is 16.4. The average Bonchev–Trinajstić information content (AvgIpc) is 2.48. The maximum atomic E-state index is 12.2. The van der Waals surface area contributed by atoms with Crippen molar-refractivity contribution in [2.45, 2.75) is 31.8 Å². The van der Waals surface area contributed by atoms with Gasteiger partial charge in [-0.3, -0.25) is 9.59 Å². The van der Waals surface area contributed by atoms with Gasteiger partial charge in [0.05, 0.1) is 0 Å². The van der Waals surface area contributed by atoms with Crippen molar-refractivity contribution in [3.8, 4) is 0 Å². The number of nitrogens with one attached hydrogen (secondary N) is 1. The molecule has 1 aromatic heterocycles. The largest absolute Gasteiger partial charge is 0.480 e. The molecule has 3 atom stereocenters. The fourth-order valence-corrected chi connectivity index (χ4v) is 3.40. The first-order valence-electron chi connectivity index (χ1n) is 7.43. The number of likely N-dealkylation sites (tertiary alicyclic amines) is 1.